The van der Waals surface area contributed by atoms with Crippen molar-refractivity contribution in [3.8, 4) is 11.3 Å². The summed E-state index contributed by atoms with van der Waals surface area (Å²) in [5.41, 5.74) is 0.982. The summed E-state index contributed by atoms with van der Waals surface area (Å²) < 4.78 is 41.6. The average molecular weight is 309 g/mol. The third-order valence-electron chi connectivity index (χ3n) is 3.66. The molecule has 0 fully saturated rings. The van der Waals surface area contributed by atoms with Gasteiger partial charge in [-0.1, -0.05) is 25.1 Å². The van der Waals surface area contributed by atoms with Crippen molar-refractivity contribution in [2.24, 2.45) is 0 Å². The highest BCUT2D eigenvalue weighted by atomic mass is 19.4. The van der Waals surface area contributed by atoms with E-state index >= 15 is 0 Å². The number of hydrogen-bond acceptors (Lipinski definition) is 1. The molecule has 1 heterocycles. The van der Waals surface area contributed by atoms with Gasteiger partial charge in [0.2, 0.25) is 0 Å². The van der Waals surface area contributed by atoms with E-state index in [4.69, 9.17) is 0 Å². The molecule has 0 aliphatic rings. The topological polar surface area (TPSA) is 22.0 Å². The molecule has 0 aliphatic carbocycles. The largest absolute Gasteiger partial charge is 0.417 e. The zero-order valence-electron chi connectivity index (χ0n) is 12.8. The molecule has 118 valence electrons. The van der Waals surface area contributed by atoms with Gasteiger partial charge in [-0.05, 0) is 31.9 Å². The zero-order valence-corrected chi connectivity index (χ0v) is 12.8. The van der Waals surface area contributed by atoms with Crippen LogP contribution in [0.4, 0.5) is 13.2 Å². The number of nitrogens with zero attached hydrogens (tertiary/aromatic N) is 1. The lowest BCUT2D eigenvalue weighted by molar-refractivity contribution is -0.137. The molecule has 0 radical (unpaired) electrons. The number of ketones is 1. The van der Waals surface area contributed by atoms with Gasteiger partial charge in [-0.2, -0.15) is 13.2 Å². The summed E-state index contributed by atoms with van der Waals surface area (Å²) in [6.45, 7) is 5.64. The van der Waals surface area contributed by atoms with Crippen molar-refractivity contribution >= 4 is 5.78 Å². The van der Waals surface area contributed by atoms with Gasteiger partial charge < -0.3 is 4.57 Å². The van der Waals surface area contributed by atoms with Crippen molar-refractivity contribution in [3.05, 3.63) is 47.2 Å². The van der Waals surface area contributed by atoms with Crippen LogP contribution in [-0.2, 0) is 12.7 Å². The van der Waals surface area contributed by atoms with Gasteiger partial charge in [0.1, 0.15) is 0 Å². The van der Waals surface area contributed by atoms with Gasteiger partial charge in [-0.25, -0.2) is 0 Å². The first kappa shape index (κ1) is 16.3. The number of rotatable bonds is 4. The number of halogens is 3. The molecular weight excluding hydrogens is 291 g/mol. The molecule has 2 aromatic rings. The Hall–Kier alpha value is -2.04. The van der Waals surface area contributed by atoms with E-state index < -0.39 is 11.7 Å². The van der Waals surface area contributed by atoms with E-state index in [1.54, 1.807) is 23.8 Å². The standard InChI is InChI=1S/C17H18F3NO/c1-4-9-21-10-14(12(3)22)11(2)16(21)13-7-5-6-8-15(13)17(18,19)20/h5-8,10H,4,9H2,1-3H3. The lowest BCUT2D eigenvalue weighted by atomic mass is 9.99. The maximum absolute atomic E-state index is 13.3. The van der Waals surface area contributed by atoms with Crippen molar-refractivity contribution < 1.29 is 18.0 Å². The number of carbonyl (C=O) groups excluding carboxylic acids is 1. The lowest BCUT2D eigenvalue weighted by Crippen LogP contribution is -2.09. The Balaban J connectivity index is 2.75. The number of aryl methyl sites for hydroxylation is 1. The minimum Gasteiger partial charge on any atom is -0.347 e. The third-order valence-corrected chi connectivity index (χ3v) is 3.66. The van der Waals surface area contributed by atoms with Crippen molar-refractivity contribution in [1.29, 1.82) is 0 Å². The number of hydrogen-bond donors (Lipinski definition) is 0. The van der Waals surface area contributed by atoms with Gasteiger partial charge in [0.05, 0.1) is 11.3 Å². The van der Waals surface area contributed by atoms with Crippen LogP contribution in [0.2, 0.25) is 0 Å². The summed E-state index contributed by atoms with van der Waals surface area (Å²) in [7, 11) is 0. The highest BCUT2D eigenvalue weighted by Crippen LogP contribution is 2.39. The Labute approximate surface area is 127 Å². The zero-order chi connectivity index (χ0) is 16.5. The SMILES string of the molecule is CCCn1cc(C(C)=O)c(C)c1-c1ccccc1C(F)(F)F. The van der Waals surface area contributed by atoms with Crippen LogP contribution in [0.3, 0.4) is 0 Å². The summed E-state index contributed by atoms with van der Waals surface area (Å²) in [5.74, 6) is -0.141. The van der Waals surface area contributed by atoms with Crippen LogP contribution in [0, 0.1) is 6.92 Å². The molecule has 0 saturated heterocycles. The van der Waals surface area contributed by atoms with E-state index in [0.29, 0.717) is 23.4 Å². The predicted molar refractivity (Wildman–Crippen MR) is 79.9 cm³/mol. The molecule has 0 bridgehead atoms. The first-order valence-electron chi connectivity index (χ1n) is 7.14. The van der Waals surface area contributed by atoms with Crippen LogP contribution in [0.25, 0.3) is 11.3 Å². The number of carbonyl (C=O) groups is 1. The molecule has 5 heteroatoms. The predicted octanol–water partition coefficient (Wildman–Crippen LogP) is 5.09. The number of aromatic nitrogens is 1. The van der Waals surface area contributed by atoms with Gasteiger partial charge in [-0.15, -0.1) is 0 Å². The van der Waals surface area contributed by atoms with Gasteiger partial charge in [0, 0.05) is 23.9 Å². The second kappa shape index (κ2) is 5.99. The van der Waals surface area contributed by atoms with E-state index in [1.807, 2.05) is 6.92 Å². The lowest BCUT2D eigenvalue weighted by Gasteiger charge is -2.16. The molecule has 1 aromatic heterocycles. The molecule has 0 aliphatic heterocycles. The normalized spacial score (nSPS) is 11.7. The molecule has 0 unspecified atom stereocenters. The Morgan fingerprint density at radius 2 is 1.86 bits per heavy atom. The van der Waals surface area contributed by atoms with Gasteiger partial charge >= 0.3 is 6.18 Å². The van der Waals surface area contributed by atoms with Crippen LogP contribution >= 0.6 is 0 Å². The fraction of sp³-hybridized carbons (Fsp3) is 0.353. The Morgan fingerprint density at radius 3 is 2.41 bits per heavy atom. The molecule has 1 aromatic carbocycles. The van der Waals surface area contributed by atoms with Gasteiger partial charge in [0.25, 0.3) is 0 Å². The van der Waals surface area contributed by atoms with E-state index in [0.717, 1.165) is 12.5 Å². The van der Waals surface area contributed by atoms with E-state index in [2.05, 4.69) is 0 Å². The van der Waals surface area contributed by atoms with Crippen molar-refractivity contribution in [2.75, 3.05) is 0 Å². The number of alkyl halides is 3. The van der Waals surface area contributed by atoms with Crippen LogP contribution in [0.1, 0.15) is 41.8 Å². The molecule has 2 nitrogen and oxygen atoms in total. The Morgan fingerprint density at radius 1 is 1.23 bits per heavy atom. The molecule has 2 rings (SSSR count). The molecule has 0 spiro atoms. The second-order valence-electron chi connectivity index (χ2n) is 5.31. The fourth-order valence-corrected chi connectivity index (χ4v) is 2.73. The van der Waals surface area contributed by atoms with Gasteiger partial charge in [0.15, 0.2) is 5.78 Å². The quantitative estimate of drug-likeness (QED) is 0.721. The smallest absolute Gasteiger partial charge is 0.347 e. The summed E-state index contributed by atoms with van der Waals surface area (Å²) >= 11 is 0. The summed E-state index contributed by atoms with van der Waals surface area (Å²) in [5, 5.41) is 0. The van der Waals surface area contributed by atoms with Crippen molar-refractivity contribution in [2.45, 2.75) is 39.9 Å². The molecule has 0 saturated carbocycles. The molecule has 0 N–H and O–H groups in total. The first-order valence-corrected chi connectivity index (χ1v) is 7.14. The fourth-order valence-electron chi connectivity index (χ4n) is 2.73. The highest BCUT2D eigenvalue weighted by Gasteiger charge is 2.34. The third kappa shape index (κ3) is 2.93. The number of benzene rings is 1. The molecule has 0 atom stereocenters. The molecular formula is C17H18F3NO. The summed E-state index contributed by atoms with van der Waals surface area (Å²) in [4.78, 5) is 11.7. The first-order chi connectivity index (χ1) is 10.3. The molecule has 22 heavy (non-hydrogen) atoms. The van der Waals surface area contributed by atoms with Crippen LogP contribution < -0.4 is 0 Å². The Kier molecular flexibility index (Phi) is 4.44. The highest BCUT2D eigenvalue weighted by molar-refractivity contribution is 5.97. The monoisotopic (exact) mass is 309 g/mol. The average Bonchev–Trinajstić information content (AvgIpc) is 2.75. The van der Waals surface area contributed by atoms with Gasteiger partial charge in [-0.3, -0.25) is 4.79 Å². The van der Waals surface area contributed by atoms with E-state index in [9.17, 15) is 18.0 Å². The summed E-state index contributed by atoms with van der Waals surface area (Å²) in [6.07, 6.45) is -2.00. The Bertz CT molecular complexity index is 698. The van der Waals surface area contributed by atoms with Crippen molar-refractivity contribution in [1.82, 2.24) is 4.57 Å². The second-order valence-corrected chi connectivity index (χ2v) is 5.31. The molecule has 0 amide bonds. The minimum absolute atomic E-state index is 0.119. The maximum atomic E-state index is 13.3. The van der Waals surface area contributed by atoms with Crippen molar-refractivity contribution in [3.63, 3.8) is 0 Å². The van der Waals surface area contributed by atoms with E-state index in [1.165, 1.54) is 19.1 Å². The minimum atomic E-state index is -4.43. The maximum Gasteiger partial charge on any atom is 0.417 e. The van der Waals surface area contributed by atoms with Crippen LogP contribution in [0.5, 0.6) is 0 Å². The summed E-state index contributed by atoms with van der Waals surface area (Å²) in [6, 6.07) is 5.49. The van der Waals surface area contributed by atoms with E-state index in [-0.39, 0.29) is 11.3 Å². The van der Waals surface area contributed by atoms with Crippen LogP contribution in [-0.4, -0.2) is 10.4 Å². The number of Topliss-reactive ketones (excluding diaryl/α,β-unsaturated/α-hetero) is 1. The van der Waals surface area contributed by atoms with Crippen LogP contribution in [0.15, 0.2) is 30.5 Å².